The largest absolute Gasteiger partial charge is 0.393 e. The summed E-state index contributed by atoms with van der Waals surface area (Å²) < 4.78 is 0. The van der Waals surface area contributed by atoms with Gasteiger partial charge < -0.3 is 11.1 Å². The van der Waals surface area contributed by atoms with E-state index in [-0.39, 0.29) is 17.4 Å². The fourth-order valence-corrected chi connectivity index (χ4v) is 1.10. The Balaban J connectivity index is 2.93. The molecule has 0 aliphatic heterocycles. The van der Waals surface area contributed by atoms with Crippen molar-refractivity contribution in [3.63, 3.8) is 0 Å². The molecule has 0 fully saturated rings. The second-order valence-corrected chi connectivity index (χ2v) is 3.06. The van der Waals surface area contributed by atoms with Gasteiger partial charge in [-0.2, -0.15) is 0 Å². The van der Waals surface area contributed by atoms with Crippen LogP contribution in [0.2, 0.25) is 0 Å². The zero-order chi connectivity index (χ0) is 11.4. The second-order valence-electron chi connectivity index (χ2n) is 3.06. The van der Waals surface area contributed by atoms with Gasteiger partial charge in [0.05, 0.1) is 11.0 Å². The summed E-state index contributed by atoms with van der Waals surface area (Å²) in [6.07, 6.45) is 5.18. The Kier molecular flexibility index (Phi) is 3.13. The molecule has 0 heterocycles. The molecule has 1 unspecified atom stereocenters. The normalized spacial score (nSPS) is 11.5. The van der Waals surface area contributed by atoms with E-state index in [0.717, 1.165) is 0 Å². The van der Waals surface area contributed by atoms with E-state index < -0.39 is 4.92 Å². The number of terminal acetylenes is 1. The molecular weight excluding hydrogens is 194 g/mol. The lowest BCUT2D eigenvalue weighted by atomic mass is 10.2. The summed E-state index contributed by atoms with van der Waals surface area (Å²) >= 11 is 0. The van der Waals surface area contributed by atoms with E-state index in [0.29, 0.717) is 5.69 Å². The first-order valence-electron chi connectivity index (χ1n) is 4.31. The van der Waals surface area contributed by atoms with Crippen LogP contribution in [0.15, 0.2) is 18.2 Å². The standard InChI is InChI=1S/C10H11N3O2/c1-3-7(2)12-8-4-5-10(13(14)15)9(11)6-8/h1,4-7,12H,11H2,2H3. The van der Waals surface area contributed by atoms with Crippen LogP contribution in [0, 0.1) is 22.5 Å². The fraction of sp³-hybridized carbons (Fsp3) is 0.200. The summed E-state index contributed by atoms with van der Waals surface area (Å²) in [6.45, 7) is 1.80. The molecule has 1 aromatic carbocycles. The molecule has 15 heavy (non-hydrogen) atoms. The van der Waals surface area contributed by atoms with Gasteiger partial charge in [-0.05, 0) is 19.1 Å². The van der Waals surface area contributed by atoms with Gasteiger partial charge in [-0.1, -0.05) is 5.92 Å². The molecule has 0 amide bonds. The van der Waals surface area contributed by atoms with Gasteiger partial charge in [0, 0.05) is 11.8 Å². The molecule has 78 valence electrons. The first-order chi connectivity index (χ1) is 7.04. The predicted molar refractivity (Wildman–Crippen MR) is 59.4 cm³/mol. The van der Waals surface area contributed by atoms with Crippen molar-refractivity contribution in [1.82, 2.24) is 0 Å². The van der Waals surface area contributed by atoms with Crippen molar-refractivity contribution in [2.75, 3.05) is 11.1 Å². The number of nitrogen functional groups attached to an aromatic ring is 1. The number of hydrogen-bond acceptors (Lipinski definition) is 4. The van der Waals surface area contributed by atoms with Crippen molar-refractivity contribution in [2.45, 2.75) is 13.0 Å². The number of nitrogens with two attached hydrogens (primary N) is 1. The van der Waals surface area contributed by atoms with Crippen LogP contribution in [0.1, 0.15) is 6.92 Å². The zero-order valence-corrected chi connectivity index (χ0v) is 8.23. The third-order valence-corrected chi connectivity index (χ3v) is 1.86. The predicted octanol–water partition coefficient (Wildman–Crippen LogP) is 1.61. The number of benzene rings is 1. The maximum absolute atomic E-state index is 10.5. The van der Waals surface area contributed by atoms with Crippen LogP contribution in [-0.2, 0) is 0 Å². The van der Waals surface area contributed by atoms with Crippen molar-refractivity contribution >= 4 is 17.1 Å². The summed E-state index contributed by atoms with van der Waals surface area (Å²) in [5.74, 6) is 2.48. The Labute approximate surface area is 87.4 Å². The van der Waals surface area contributed by atoms with Gasteiger partial charge in [-0.15, -0.1) is 6.42 Å². The van der Waals surface area contributed by atoms with Crippen LogP contribution >= 0.6 is 0 Å². The number of nitro benzene ring substituents is 1. The van der Waals surface area contributed by atoms with E-state index in [1.165, 1.54) is 12.1 Å². The lowest BCUT2D eigenvalue weighted by Gasteiger charge is -2.09. The highest BCUT2D eigenvalue weighted by Gasteiger charge is 2.11. The molecular formula is C10H11N3O2. The molecule has 0 spiro atoms. The molecule has 0 saturated heterocycles. The van der Waals surface area contributed by atoms with E-state index in [2.05, 4.69) is 11.2 Å². The van der Waals surface area contributed by atoms with E-state index >= 15 is 0 Å². The summed E-state index contributed by atoms with van der Waals surface area (Å²) in [4.78, 5) is 9.96. The number of nitrogens with zero attached hydrogens (tertiary/aromatic N) is 1. The average Bonchev–Trinajstić information content (AvgIpc) is 2.17. The topological polar surface area (TPSA) is 81.2 Å². The number of nitrogens with one attached hydrogen (secondary N) is 1. The molecule has 0 aliphatic carbocycles. The first-order valence-corrected chi connectivity index (χ1v) is 4.31. The first kappa shape index (κ1) is 10.9. The lowest BCUT2D eigenvalue weighted by Crippen LogP contribution is -2.12. The van der Waals surface area contributed by atoms with Crippen LogP contribution in [0.3, 0.4) is 0 Å². The highest BCUT2D eigenvalue weighted by Crippen LogP contribution is 2.24. The molecule has 5 heteroatoms. The Hall–Kier alpha value is -2.22. The molecule has 5 nitrogen and oxygen atoms in total. The third kappa shape index (κ3) is 2.61. The second kappa shape index (κ2) is 4.33. The van der Waals surface area contributed by atoms with Crippen LogP contribution in [-0.4, -0.2) is 11.0 Å². The number of anilines is 2. The average molecular weight is 205 g/mol. The molecule has 0 aliphatic rings. The summed E-state index contributed by atoms with van der Waals surface area (Å²) in [5, 5.41) is 13.4. The molecule has 1 rings (SSSR count). The third-order valence-electron chi connectivity index (χ3n) is 1.86. The minimum atomic E-state index is -0.524. The molecule has 0 bridgehead atoms. The Morgan fingerprint density at radius 2 is 2.33 bits per heavy atom. The monoisotopic (exact) mass is 205 g/mol. The van der Waals surface area contributed by atoms with Gasteiger partial charge in [0.2, 0.25) is 0 Å². The molecule has 0 aromatic heterocycles. The molecule has 1 atom stereocenters. The summed E-state index contributed by atoms with van der Waals surface area (Å²) in [7, 11) is 0. The van der Waals surface area contributed by atoms with Crippen LogP contribution < -0.4 is 11.1 Å². The van der Waals surface area contributed by atoms with E-state index in [1.54, 1.807) is 13.0 Å². The smallest absolute Gasteiger partial charge is 0.292 e. The van der Waals surface area contributed by atoms with Gasteiger partial charge in [0.15, 0.2) is 0 Å². The van der Waals surface area contributed by atoms with Crippen molar-refractivity contribution < 1.29 is 4.92 Å². The summed E-state index contributed by atoms with van der Waals surface area (Å²) in [6, 6.07) is 4.26. The van der Waals surface area contributed by atoms with Crippen molar-refractivity contribution in [1.29, 1.82) is 0 Å². The van der Waals surface area contributed by atoms with Crippen LogP contribution in [0.25, 0.3) is 0 Å². The van der Waals surface area contributed by atoms with Gasteiger partial charge in [-0.3, -0.25) is 10.1 Å². The van der Waals surface area contributed by atoms with Crippen molar-refractivity contribution in [2.24, 2.45) is 0 Å². The lowest BCUT2D eigenvalue weighted by molar-refractivity contribution is -0.383. The Bertz CT molecular complexity index is 423. The Morgan fingerprint density at radius 1 is 1.67 bits per heavy atom. The van der Waals surface area contributed by atoms with Gasteiger partial charge in [0.25, 0.3) is 5.69 Å². The SMILES string of the molecule is C#CC(C)Nc1ccc([N+](=O)[O-])c(N)c1. The van der Waals surface area contributed by atoms with E-state index in [9.17, 15) is 10.1 Å². The highest BCUT2D eigenvalue weighted by atomic mass is 16.6. The number of nitro groups is 1. The van der Waals surface area contributed by atoms with Gasteiger partial charge in [0.1, 0.15) is 5.69 Å². The summed E-state index contributed by atoms with van der Waals surface area (Å²) in [5.41, 5.74) is 6.19. The minimum absolute atomic E-state index is 0.103. The highest BCUT2D eigenvalue weighted by molar-refractivity contribution is 5.66. The van der Waals surface area contributed by atoms with Gasteiger partial charge in [-0.25, -0.2) is 0 Å². The van der Waals surface area contributed by atoms with Crippen molar-refractivity contribution in [3.8, 4) is 12.3 Å². The van der Waals surface area contributed by atoms with Crippen molar-refractivity contribution in [3.05, 3.63) is 28.3 Å². The Morgan fingerprint density at radius 3 is 2.80 bits per heavy atom. The van der Waals surface area contributed by atoms with Crippen LogP contribution in [0.5, 0.6) is 0 Å². The maximum atomic E-state index is 10.5. The maximum Gasteiger partial charge on any atom is 0.292 e. The molecule has 3 N–H and O–H groups in total. The van der Waals surface area contributed by atoms with Gasteiger partial charge >= 0.3 is 0 Å². The quantitative estimate of drug-likeness (QED) is 0.340. The molecule has 0 radical (unpaired) electrons. The minimum Gasteiger partial charge on any atom is -0.393 e. The zero-order valence-electron chi connectivity index (χ0n) is 8.23. The fourth-order valence-electron chi connectivity index (χ4n) is 1.10. The molecule has 1 aromatic rings. The van der Waals surface area contributed by atoms with Crippen LogP contribution in [0.4, 0.5) is 17.1 Å². The van der Waals surface area contributed by atoms with E-state index in [4.69, 9.17) is 12.2 Å². The van der Waals surface area contributed by atoms with E-state index in [1.807, 2.05) is 0 Å². The number of hydrogen-bond donors (Lipinski definition) is 2. The molecule has 0 saturated carbocycles. The number of rotatable bonds is 3.